The van der Waals surface area contributed by atoms with Crippen LogP contribution in [0.2, 0.25) is 5.02 Å². The number of ether oxygens (including phenoxy) is 1. The van der Waals surface area contributed by atoms with Crippen LogP contribution in [0.4, 0.5) is 0 Å². The van der Waals surface area contributed by atoms with Crippen LogP contribution in [0, 0.1) is 5.41 Å². The number of nitrogens with one attached hydrogen (secondary N) is 2. The quantitative estimate of drug-likeness (QED) is 0.832. The standard InChI is InChI=1S/C16H23ClN2O2.ClH/c1-16(7-9-18-10-8-16)12-19-15(20)6-11-21-14-5-3-2-4-13(14)17;/h2-5,18H,6-12H2,1H3,(H,19,20);1H. The van der Waals surface area contributed by atoms with Crippen LogP contribution in [-0.2, 0) is 4.79 Å². The van der Waals surface area contributed by atoms with Crippen molar-refractivity contribution in [3.8, 4) is 5.75 Å². The molecule has 0 unspecified atom stereocenters. The second kappa shape index (κ2) is 9.23. The molecule has 0 bridgehead atoms. The first-order valence-electron chi connectivity index (χ1n) is 7.44. The number of carbonyl (C=O) groups is 1. The molecule has 0 spiro atoms. The van der Waals surface area contributed by atoms with Crippen molar-refractivity contribution in [3.63, 3.8) is 0 Å². The monoisotopic (exact) mass is 346 g/mol. The third-order valence-corrected chi connectivity index (χ3v) is 4.26. The zero-order valence-electron chi connectivity index (χ0n) is 12.9. The van der Waals surface area contributed by atoms with E-state index >= 15 is 0 Å². The molecule has 0 aromatic heterocycles. The number of benzene rings is 1. The van der Waals surface area contributed by atoms with Crippen molar-refractivity contribution >= 4 is 29.9 Å². The van der Waals surface area contributed by atoms with Crippen LogP contribution in [0.1, 0.15) is 26.2 Å². The van der Waals surface area contributed by atoms with Gasteiger partial charge in [0.2, 0.25) is 5.91 Å². The molecule has 2 rings (SSSR count). The van der Waals surface area contributed by atoms with Crippen molar-refractivity contribution in [2.24, 2.45) is 5.41 Å². The van der Waals surface area contributed by atoms with Gasteiger partial charge >= 0.3 is 0 Å². The van der Waals surface area contributed by atoms with E-state index in [1.54, 1.807) is 12.1 Å². The molecule has 1 fully saturated rings. The zero-order valence-corrected chi connectivity index (χ0v) is 14.4. The Balaban J connectivity index is 0.00000242. The van der Waals surface area contributed by atoms with Gasteiger partial charge in [0.1, 0.15) is 5.75 Å². The Morgan fingerprint density at radius 3 is 2.73 bits per heavy atom. The van der Waals surface area contributed by atoms with E-state index in [4.69, 9.17) is 16.3 Å². The fourth-order valence-electron chi connectivity index (χ4n) is 2.42. The molecular weight excluding hydrogens is 323 g/mol. The molecule has 1 aromatic rings. The lowest BCUT2D eigenvalue weighted by Gasteiger charge is -2.34. The molecule has 124 valence electrons. The van der Waals surface area contributed by atoms with Crippen molar-refractivity contribution in [2.45, 2.75) is 26.2 Å². The Morgan fingerprint density at radius 2 is 2.05 bits per heavy atom. The van der Waals surface area contributed by atoms with Gasteiger partial charge in [-0.2, -0.15) is 0 Å². The Hall–Kier alpha value is -0.970. The lowest BCUT2D eigenvalue weighted by Crippen LogP contribution is -2.43. The molecule has 1 heterocycles. The smallest absolute Gasteiger partial charge is 0.223 e. The normalized spacial score (nSPS) is 16.5. The first kappa shape index (κ1) is 19.1. The van der Waals surface area contributed by atoms with E-state index in [0.717, 1.165) is 32.5 Å². The summed E-state index contributed by atoms with van der Waals surface area (Å²) in [5, 5.41) is 6.92. The van der Waals surface area contributed by atoms with Crippen molar-refractivity contribution < 1.29 is 9.53 Å². The molecule has 1 amide bonds. The van der Waals surface area contributed by atoms with Crippen molar-refractivity contribution in [1.29, 1.82) is 0 Å². The fraction of sp³-hybridized carbons (Fsp3) is 0.562. The summed E-state index contributed by atoms with van der Waals surface area (Å²) in [6.07, 6.45) is 2.55. The molecule has 0 radical (unpaired) electrons. The summed E-state index contributed by atoms with van der Waals surface area (Å²) in [5.41, 5.74) is 0.213. The minimum atomic E-state index is 0. The fourth-order valence-corrected chi connectivity index (χ4v) is 2.61. The minimum absolute atomic E-state index is 0. The highest BCUT2D eigenvalue weighted by molar-refractivity contribution is 6.32. The largest absolute Gasteiger partial charge is 0.491 e. The van der Waals surface area contributed by atoms with Gasteiger partial charge in [0.25, 0.3) is 0 Å². The highest BCUT2D eigenvalue weighted by Gasteiger charge is 2.26. The first-order chi connectivity index (χ1) is 10.1. The van der Waals surface area contributed by atoms with E-state index in [1.165, 1.54) is 0 Å². The third-order valence-electron chi connectivity index (χ3n) is 3.95. The Morgan fingerprint density at radius 1 is 1.36 bits per heavy atom. The molecule has 0 atom stereocenters. The second-order valence-corrected chi connectivity index (χ2v) is 6.27. The van der Waals surface area contributed by atoms with Crippen molar-refractivity contribution in [2.75, 3.05) is 26.2 Å². The Kier molecular flexibility index (Phi) is 8.01. The van der Waals surface area contributed by atoms with Gasteiger partial charge in [-0.1, -0.05) is 30.7 Å². The van der Waals surface area contributed by atoms with Gasteiger partial charge < -0.3 is 15.4 Å². The van der Waals surface area contributed by atoms with E-state index in [-0.39, 0.29) is 23.7 Å². The van der Waals surface area contributed by atoms with Crippen LogP contribution < -0.4 is 15.4 Å². The lowest BCUT2D eigenvalue weighted by atomic mass is 9.81. The summed E-state index contributed by atoms with van der Waals surface area (Å²) in [6.45, 7) is 5.37. The number of halogens is 2. The summed E-state index contributed by atoms with van der Waals surface area (Å²) in [5.74, 6) is 0.652. The van der Waals surface area contributed by atoms with Crippen molar-refractivity contribution in [3.05, 3.63) is 29.3 Å². The van der Waals surface area contributed by atoms with Gasteiger partial charge in [-0.3, -0.25) is 4.79 Å². The van der Waals surface area contributed by atoms with Gasteiger partial charge in [0.05, 0.1) is 18.1 Å². The average molecular weight is 347 g/mol. The predicted octanol–water partition coefficient (Wildman–Crippen LogP) is 3.04. The number of hydrogen-bond acceptors (Lipinski definition) is 3. The molecule has 1 aliphatic heterocycles. The highest BCUT2D eigenvalue weighted by atomic mass is 35.5. The molecule has 0 aliphatic carbocycles. The van der Waals surface area contributed by atoms with Gasteiger partial charge in [-0.25, -0.2) is 0 Å². The number of carbonyl (C=O) groups excluding carboxylic acids is 1. The number of para-hydroxylation sites is 1. The van der Waals surface area contributed by atoms with Gasteiger partial charge in [0, 0.05) is 6.54 Å². The third kappa shape index (κ3) is 6.03. The van der Waals surface area contributed by atoms with Crippen molar-refractivity contribution in [1.82, 2.24) is 10.6 Å². The molecular formula is C16H24Cl2N2O2. The first-order valence-corrected chi connectivity index (χ1v) is 7.82. The van der Waals surface area contributed by atoms with E-state index in [9.17, 15) is 4.79 Å². The van der Waals surface area contributed by atoms with Crippen LogP contribution in [0.3, 0.4) is 0 Å². The van der Waals surface area contributed by atoms with Crippen LogP contribution in [-0.4, -0.2) is 32.1 Å². The highest BCUT2D eigenvalue weighted by Crippen LogP contribution is 2.26. The van der Waals surface area contributed by atoms with Crippen LogP contribution in [0.5, 0.6) is 5.75 Å². The number of rotatable bonds is 6. The van der Waals surface area contributed by atoms with Crippen LogP contribution >= 0.6 is 24.0 Å². The summed E-state index contributed by atoms with van der Waals surface area (Å²) < 4.78 is 5.52. The predicted molar refractivity (Wildman–Crippen MR) is 92.0 cm³/mol. The SMILES string of the molecule is CC1(CNC(=O)CCOc2ccccc2Cl)CCNCC1.Cl. The number of amides is 1. The molecule has 0 saturated carbocycles. The molecule has 4 nitrogen and oxygen atoms in total. The summed E-state index contributed by atoms with van der Waals surface area (Å²) in [7, 11) is 0. The van der Waals surface area contributed by atoms with Gasteiger partial charge in [-0.15, -0.1) is 12.4 Å². The minimum Gasteiger partial charge on any atom is -0.491 e. The van der Waals surface area contributed by atoms with Crippen LogP contribution in [0.25, 0.3) is 0 Å². The summed E-state index contributed by atoms with van der Waals surface area (Å²) in [6, 6.07) is 7.28. The Labute approximate surface area is 143 Å². The molecule has 22 heavy (non-hydrogen) atoms. The number of hydrogen-bond donors (Lipinski definition) is 2. The maximum Gasteiger partial charge on any atom is 0.223 e. The maximum absolute atomic E-state index is 11.9. The molecule has 1 aliphatic rings. The van der Waals surface area contributed by atoms with E-state index in [2.05, 4.69) is 17.6 Å². The molecule has 6 heteroatoms. The Bertz CT molecular complexity index is 477. The van der Waals surface area contributed by atoms with E-state index < -0.39 is 0 Å². The molecule has 2 N–H and O–H groups in total. The van der Waals surface area contributed by atoms with Gasteiger partial charge in [-0.05, 0) is 43.5 Å². The second-order valence-electron chi connectivity index (χ2n) is 5.87. The summed E-state index contributed by atoms with van der Waals surface area (Å²) >= 11 is 5.99. The lowest BCUT2D eigenvalue weighted by molar-refractivity contribution is -0.122. The molecule has 1 saturated heterocycles. The maximum atomic E-state index is 11.9. The summed E-state index contributed by atoms with van der Waals surface area (Å²) in [4.78, 5) is 11.9. The topological polar surface area (TPSA) is 50.4 Å². The molecule has 1 aromatic carbocycles. The average Bonchev–Trinajstić information content (AvgIpc) is 2.48. The van der Waals surface area contributed by atoms with Crippen LogP contribution in [0.15, 0.2) is 24.3 Å². The van der Waals surface area contributed by atoms with E-state index in [1.807, 2.05) is 12.1 Å². The van der Waals surface area contributed by atoms with E-state index in [0.29, 0.717) is 23.8 Å². The van der Waals surface area contributed by atoms with Gasteiger partial charge in [0.15, 0.2) is 0 Å². The number of piperidine rings is 1. The zero-order chi connectivity index (χ0) is 15.1.